The lowest BCUT2D eigenvalue weighted by molar-refractivity contribution is -0.141. The van der Waals surface area contributed by atoms with Crippen molar-refractivity contribution < 1.29 is 9.53 Å². The minimum atomic E-state index is -0.347. The number of cyclic esters (lactones) is 1. The van der Waals surface area contributed by atoms with Crippen LogP contribution in [0.25, 0.3) is 0 Å². The van der Waals surface area contributed by atoms with Crippen molar-refractivity contribution in [3.8, 4) is 11.8 Å². The Kier molecular flexibility index (Phi) is 11.0. The summed E-state index contributed by atoms with van der Waals surface area (Å²) < 4.78 is 5.30. The van der Waals surface area contributed by atoms with E-state index in [9.17, 15) is 4.79 Å². The van der Waals surface area contributed by atoms with Crippen molar-refractivity contribution in [3.05, 3.63) is 0 Å². The number of carbonyl (C=O) groups is 1. The molecule has 1 unspecified atom stereocenters. The normalized spacial score (nSPS) is 24.6. The fourth-order valence-electron chi connectivity index (χ4n) is 2.82. The second-order valence-electron chi connectivity index (χ2n) is 6.30. The quantitative estimate of drug-likeness (QED) is 0.339. The molecule has 0 amide bonds. The first-order valence-corrected chi connectivity index (χ1v) is 8.98. The number of hydrogen-bond acceptors (Lipinski definition) is 2. The highest BCUT2D eigenvalue weighted by Crippen LogP contribution is 2.14. The molecule has 0 saturated carbocycles. The molecule has 120 valence electrons. The van der Waals surface area contributed by atoms with Crippen molar-refractivity contribution in [1.29, 1.82) is 0 Å². The van der Waals surface area contributed by atoms with Gasteiger partial charge >= 0.3 is 5.97 Å². The van der Waals surface area contributed by atoms with Gasteiger partial charge in [-0.15, -0.1) is 0 Å². The highest BCUT2D eigenvalue weighted by Gasteiger charge is 2.06. The second kappa shape index (κ2) is 12.7. The molecular weight excluding hydrogens is 260 g/mol. The van der Waals surface area contributed by atoms with E-state index in [0.717, 1.165) is 25.7 Å². The fourth-order valence-corrected chi connectivity index (χ4v) is 2.82. The lowest BCUT2D eigenvalue weighted by Crippen LogP contribution is -2.13. The van der Waals surface area contributed by atoms with Crippen molar-refractivity contribution in [2.75, 3.05) is 0 Å². The Morgan fingerprint density at radius 1 is 0.810 bits per heavy atom. The van der Waals surface area contributed by atoms with E-state index in [4.69, 9.17) is 4.74 Å². The van der Waals surface area contributed by atoms with Gasteiger partial charge in [0.2, 0.25) is 0 Å². The first-order valence-electron chi connectivity index (χ1n) is 8.98. The van der Waals surface area contributed by atoms with Crippen molar-refractivity contribution in [3.63, 3.8) is 0 Å². The minimum absolute atomic E-state index is 0.00823. The maximum absolute atomic E-state index is 11.5. The molecule has 1 aliphatic heterocycles. The van der Waals surface area contributed by atoms with Gasteiger partial charge in [0.25, 0.3) is 0 Å². The van der Waals surface area contributed by atoms with Crippen LogP contribution in [0, 0.1) is 11.8 Å². The standard InChI is InChI=1S/C19H32O2/c1-18-16-14-12-10-8-6-4-2-3-5-7-9-11-13-15-17-19(20)21-18/h18H,2-14,16H2,1H3. The van der Waals surface area contributed by atoms with Crippen LogP contribution < -0.4 is 0 Å². The molecule has 0 aromatic carbocycles. The molecule has 0 radical (unpaired) electrons. The molecule has 1 atom stereocenters. The van der Waals surface area contributed by atoms with Gasteiger partial charge < -0.3 is 4.74 Å². The Bertz CT molecular complexity index is 324. The molecule has 0 aliphatic carbocycles. The first kappa shape index (κ1) is 18.1. The monoisotopic (exact) mass is 292 g/mol. The van der Waals surface area contributed by atoms with E-state index in [1.807, 2.05) is 6.92 Å². The summed E-state index contributed by atoms with van der Waals surface area (Å²) in [4.78, 5) is 11.5. The van der Waals surface area contributed by atoms with Gasteiger partial charge in [0, 0.05) is 12.3 Å². The van der Waals surface area contributed by atoms with Crippen molar-refractivity contribution in [2.45, 2.75) is 103 Å². The number of ether oxygens (including phenoxy) is 1. The van der Waals surface area contributed by atoms with E-state index < -0.39 is 0 Å². The molecule has 21 heavy (non-hydrogen) atoms. The van der Waals surface area contributed by atoms with E-state index in [0.29, 0.717) is 0 Å². The molecule has 0 aromatic heterocycles. The first-order chi connectivity index (χ1) is 10.3. The SMILES string of the molecule is CC1CCCCCCCCCCCCCCC#CC(=O)O1. The summed E-state index contributed by atoms with van der Waals surface area (Å²) in [6, 6.07) is 0. The summed E-state index contributed by atoms with van der Waals surface area (Å²) in [7, 11) is 0. The molecule has 0 fully saturated rings. The zero-order chi connectivity index (χ0) is 15.2. The van der Waals surface area contributed by atoms with Gasteiger partial charge in [0.05, 0.1) is 0 Å². The molecular formula is C19H32O2. The lowest BCUT2D eigenvalue weighted by Gasteiger charge is -2.10. The average molecular weight is 292 g/mol. The average Bonchev–Trinajstić information content (AvgIpc) is 2.46. The third-order valence-electron chi connectivity index (χ3n) is 4.16. The zero-order valence-electron chi connectivity index (χ0n) is 13.8. The Morgan fingerprint density at radius 3 is 1.86 bits per heavy atom. The van der Waals surface area contributed by atoms with E-state index in [1.165, 1.54) is 64.2 Å². The van der Waals surface area contributed by atoms with Crippen LogP contribution in [0.4, 0.5) is 0 Å². The third kappa shape index (κ3) is 11.4. The van der Waals surface area contributed by atoms with Crippen LogP contribution >= 0.6 is 0 Å². The van der Waals surface area contributed by atoms with Gasteiger partial charge in [0.1, 0.15) is 6.10 Å². The van der Waals surface area contributed by atoms with Crippen LogP contribution in [0.3, 0.4) is 0 Å². The molecule has 1 heterocycles. The van der Waals surface area contributed by atoms with Crippen LogP contribution in [0.1, 0.15) is 96.8 Å². The number of hydrogen-bond donors (Lipinski definition) is 0. The number of rotatable bonds is 0. The van der Waals surface area contributed by atoms with E-state index in [1.54, 1.807) is 0 Å². The maximum Gasteiger partial charge on any atom is 0.384 e. The molecule has 0 bridgehead atoms. The maximum atomic E-state index is 11.5. The van der Waals surface area contributed by atoms with Crippen LogP contribution in [0.15, 0.2) is 0 Å². The minimum Gasteiger partial charge on any atom is -0.453 e. The zero-order valence-corrected chi connectivity index (χ0v) is 13.8. The number of esters is 1. The fraction of sp³-hybridized carbons (Fsp3) is 0.842. The summed E-state index contributed by atoms with van der Waals surface area (Å²) in [5, 5.41) is 0. The van der Waals surface area contributed by atoms with E-state index in [-0.39, 0.29) is 12.1 Å². The van der Waals surface area contributed by atoms with Crippen LogP contribution in [0.2, 0.25) is 0 Å². The third-order valence-corrected chi connectivity index (χ3v) is 4.16. The van der Waals surface area contributed by atoms with Gasteiger partial charge in [-0.3, -0.25) is 0 Å². The molecule has 0 aromatic rings. The smallest absolute Gasteiger partial charge is 0.384 e. The van der Waals surface area contributed by atoms with Crippen LogP contribution in [-0.4, -0.2) is 12.1 Å². The highest BCUT2D eigenvalue weighted by molar-refractivity contribution is 5.88. The molecule has 2 nitrogen and oxygen atoms in total. The highest BCUT2D eigenvalue weighted by atomic mass is 16.5. The summed E-state index contributed by atoms with van der Waals surface area (Å²) in [5.41, 5.74) is 0. The predicted octanol–water partition coefficient (Wildman–Crippen LogP) is 5.40. The lowest BCUT2D eigenvalue weighted by atomic mass is 10.0. The number of carbonyl (C=O) groups excluding carboxylic acids is 1. The predicted molar refractivity (Wildman–Crippen MR) is 88.0 cm³/mol. The molecule has 1 aliphatic rings. The van der Waals surface area contributed by atoms with E-state index in [2.05, 4.69) is 11.8 Å². The van der Waals surface area contributed by atoms with Crippen molar-refractivity contribution in [2.24, 2.45) is 0 Å². The van der Waals surface area contributed by atoms with Gasteiger partial charge in [0.15, 0.2) is 0 Å². The Morgan fingerprint density at radius 2 is 1.29 bits per heavy atom. The summed E-state index contributed by atoms with van der Waals surface area (Å²) in [5.74, 6) is 5.21. The van der Waals surface area contributed by atoms with Gasteiger partial charge in [-0.2, -0.15) is 0 Å². The topological polar surface area (TPSA) is 26.3 Å². The molecule has 0 N–H and O–H groups in total. The Balaban J connectivity index is 2.28. The van der Waals surface area contributed by atoms with Gasteiger partial charge in [-0.25, -0.2) is 4.79 Å². The van der Waals surface area contributed by atoms with Gasteiger partial charge in [-0.1, -0.05) is 70.1 Å². The molecule has 1 rings (SSSR count). The summed E-state index contributed by atoms with van der Waals surface area (Å²) in [6.07, 6.45) is 17.5. The second-order valence-corrected chi connectivity index (χ2v) is 6.30. The molecule has 0 spiro atoms. The Labute approximate surface area is 131 Å². The van der Waals surface area contributed by atoms with E-state index >= 15 is 0 Å². The van der Waals surface area contributed by atoms with Crippen molar-refractivity contribution >= 4 is 5.97 Å². The molecule has 2 heteroatoms. The Hall–Kier alpha value is -0.970. The van der Waals surface area contributed by atoms with Gasteiger partial charge in [-0.05, 0) is 26.2 Å². The van der Waals surface area contributed by atoms with Crippen molar-refractivity contribution in [1.82, 2.24) is 0 Å². The summed E-state index contributed by atoms with van der Waals surface area (Å²) in [6.45, 7) is 1.97. The summed E-state index contributed by atoms with van der Waals surface area (Å²) >= 11 is 0. The van der Waals surface area contributed by atoms with Crippen LogP contribution in [-0.2, 0) is 9.53 Å². The molecule has 0 saturated heterocycles. The largest absolute Gasteiger partial charge is 0.453 e. The van der Waals surface area contributed by atoms with Crippen LogP contribution in [0.5, 0.6) is 0 Å².